The molecule has 0 radical (unpaired) electrons. The third-order valence-electron chi connectivity index (χ3n) is 5.27. The average Bonchev–Trinajstić information content (AvgIpc) is 2.65. The molecule has 1 aliphatic heterocycles. The van der Waals surface area contributed by atoms with Crippen LogP contribution in [0.5, 0.6) is 0 Å². The Morgan fingerprint density at radius 3 is 2.18 bits per heavy atom. The van der Waals surface area contributed by atoms with Crippen molar-refractivity contribution in [2.24, 2.45) is 10.8 Å². The summed E-state index contributed by atoms with van der Waals surface area (Å²) in [6.07, 6.45) is -0.969. The summed E-state index contributed by atoms with van der Waals surface area (Å²) in [7, 11) is 0. The lowest BCUT2D eigenvalue weighted by molar-refractivity contribution is -0.187. The second kappa shape index (κ2) is 7.45. The summed E-state index contributed by atoms with van der Waals surface area (Å²) in [6.45, 7) is 4.97. The van der Waals surface area contributed by atoms with Crippen LogP contribution in [-0.2, 0) is 14.3 Å². The number of hydrogen-bond donors (Lipinski definition) is 0. The zero-order chi connectivity index (χ0) is 20.7. The van der Waals surface area contributed by atoms with Gasteiger partial charge in [0.1, 0.15) is 11.5 Å². The number of carbonyl (C=O) groups excluding carboxylic acids is 3. The van der Waals surface area contributed by atoms with Gasteiger partial charge in [0.25, 0.3) is 0 Å². The number of esters is 1. The largest absolute Gasteiger partial charge is 0.456 e. The van der Waals surface area contributed by atoms with Crippen LogP contribution in [0.4, 0.5) is 0 Å². The van der Waals surface area contributed by atoms with Crippen LogP contribution in [0.25, 0.3) is 0 Å². The molecule has 4 nitrogen and oxygen atoms in total. The highest BCUT2D eigenvalue weighted by Crippen LogP contribution is 2.49. The first kappa shape index (κ1) is 20.7. The molecule has 0 bridgehead atoms. The molecule has 0 N–H and O–H groups in total. The summed E-state index contributed by atoms with van der Waals surface area (Å²) in [5.41, 5.74) is -1.38. The molecule has 0 spiro atoms. The SMILES string of the molecule is CC1(C)C(=O)[C@@](C)(CC(=O)c2ccc(Br)cc2)C(=O)O[C@H]1c1ccc(Cl)cc1. The second-order valence-corrected chi connectivity index (χ2v) is 9.18. The number of carbonyl (C=O) groups is 3. The summed E-state index contributed by atoms with van der Waals surface area (Å²) < 4.78 is 6.55. The molecule has 1 saturated heterocycles. The van der Waals surface area contributed by atoms with Crippen LogP contribution in [0.1, 0.15) is 49.2 Å². The minimum absolute atomic E-state index is 0.233. The Balaban J connectivity index is 1.90. The quantitative estimate of drug-likeness (QED) is 0.338. The van der Waals surface area contributed by atoms with Crippen molar-refractivity contribution in [3.63, 3.8) is 0 Å². The maximum Gasteiger partial charge on any atom is 0.320 e. The van der Waals surface area contributed by atoms with Gasteiger partial charge in [-0.15, -0.1) is 0 Å². The van der Waals surface area contributed by atoms with Gasteiger partial charge in [0.2, 0.25) is 0 Å². The van der Waals surface area contributed by atoms with Crippen molar-refractivity contribution in [3.8, 4) is 0 Å². The lowest BCUT2D eigenvalue weighted by atomic mass is 9.64. The Hall–Kier alpha value is -1.98. The van der Waals surface area contributed by atoms with E-state index in [9.17, 15) is 14.4 Å². The fourth-order valence-electron chi connectivity index (χ4n) is 3.64. The fourth-order valence-corrected chi connectivity index (χ4v) is 4.03. The first-order valence-corrected chi connectivity index (χ1v) is 10.0. The summed E-state index contributed by atoms with van der Waals surface area (Å²) in [5, 5.41) is 0.556. The molecule has 0 aromatic heterocycles. The molecule has 2 atom stereocenters. The van der Waals surface area contributed by atoms with E-state index in [-0.39, 0.29) is 18.0 Å². The van der Waals surface area contributed by atoms with E-state index in [0.29, 0.717) is 16.1 Å². The number of ether oxygens (including phenoxy) is 1. The molecule has 0 aliphatic carbocycles. The Morgan fingerprint density at radius 1 is 1.04 bits per heavy atom. The van der Waals surface area contributed by atoms with Gasteiger partial charge in [-0.3, -0.25) is 14.4 Å². The minimum Gasteiger partial charge on any atom is -0.456 e. The molecular weight excluding hydrogens is 444 g/mol. The normalized spacial score (nSPS) is 24.0. The van der Waals surface area contributed by atoms with E-state index < -0.39 is 22.9 Å². The summed E-state index contributed by atoms with van der Waals surface area (Å²) in [4.78, 5) is 39.0. The van der Waals surface area contributed by atoms with Gasteiger partial charge in [0.05, 0.1) is 5.41 Å². The van der Waals surface area contributed by atoms with Gasteiger partial charge in [-0.1, -0.05) is 51.8 Å². The van der Waals surface area contributed by atoms with Crippen LogP contribution in [0.3, 0.4) is 0 Å². The molecule has 0 unspecified atom stereocenters. The third kappa shape index (κ3) is 3.65. The number of benzene rings is 2. The molecule has 146 valence electrons. The predicted molar refractivity (Wildman–Crippen MR) is 110 cm³/mol. The van der Waals surface area contributed by atoms with E-state index in [1.54, 1.807) is 62.4 Å². The van der Waals surface area contributed by atoms with Gasteiger partial charge < -0.3 is 4.74 Å². The van der Waals surface area contributed by atoms with Crippen molar-refractivity contribution in [3.05, 3.63) is 69.2 Å². The van der Waals surface area contributed by atoms with Crippen LogP contribution >= 0.6 is 27.5 Å². The number of ketones is 2. The number of cyclic esters (lactones) is 1. The van der Waals surface area contributed by atoms with Crippen LogP contribution in [0.15, 0.2) is 53.0 Å². The van der Waals surface area contributed by atoms with Gasteiger partial charge in [0, 0.05) is 21.5 Å². The van der Waals surface area contributed by atoms with Gasteiger partial charge in [-0.25, -0.2) is 0 Å². The van der Waals surface area contributed by atoms with Crippen LogP contribution in [0, 0.1) is 10.8 Å². The fraction of sp³-hybridized carbons (Fsp3) is 0.318. The van der Waals surface area contributed by atoms with Crippen LogP contribution < -0.4 is 0 Å². The van der Waals surface area contributed by atoms with Gasteiger partial charge in [0.15, 0.2) is 11.6 Å². The molecule has 1 aliphatic rings. The molecule has 2 aromatic carbocycles. The second-order valence-electron chi connectivity index (χ2n) is 7.83. The summed E-state index contributed by atoms with van der Waals surface area (Å²) >= 11 is 9.26. The molecule has 3 rings (SSSR count). The van der Waals surface area contributed by atoms with Crippen molar-refractivity contribution in [1.82, 2.24) is 0 Å². The molecule has 6 heteroatoms. The van der Waals surface area contributed by atoms with E-state index in [1.165, 1.54) is 6.92 Å². The van der Waals surface area contributed by atoms with Crippen molar-refractivity contribution < 1.29 is 19.1 Å². The molecular formula is C22H20BrClO4. The molecule has 1 fully saturated rings. The van der Waals surface area contributed by atoms with Crippen molar-refractivity contribution in [2.45, 2.75) is 33.3 Å². The predicted octanol–water partition coefficient (Wildman–Crippen LogP) is 5.58. The standard InChI is InChI=1S/C22H20BrClO4/c1-21(2)18(14-6-10-16(24)11-7-14)28-20(27)22(3,19(21)26)12-17(25)13-4-8-15(23)9-5-13/h4-11,18H,12H2,1-3H3/t18-,22+/m0/s1. The highest BCUT2D eigenvalue weighted by molar-refractivity contribution is 9.10. The highest BCUT2D eigenvalue weighted by atomic mass is 79.9. The minimum atomic E-state index is -1.53. The Morgan fingerprint density at radius 2 is 1.61 bits per heavy atom. The number of Topliss-reactive ketones (excluding diaryl/α,β-unsaturated/α-hetero) is 2. The van der Waals surface area contributed by atoms with Gasteiger partial charge >= 0.3 is 5.97 Å². The monoisotopic (exact) mass is 462 g/mol. The molecule has 2 aromatic rings. The smallest absolute Gasteiger partial charge is 0.320 e. The van der Waals surface area contributed by atoms with E-state index in [0.717, 1.165) is 4.47 Å². The van der Waals surface area contributed by atoms with E-state index in [2.05, 4.69) is 15.9 Å². The van der Waals surface area contributed by atoms with Crippen LogP contribution in [0.2, 0.25) is 5.02 Å². The summed E-state index contributed by atoms with van der Waals surface area (Å²) in [5.74, 6) is -1.26. The number of halogens is 2. The zero-order valence-electron chi connectivity index (χ0n) is 15.8. The Bertz CT molecular complexity index is 934. The third-order valence-corrected chi connectivity index (χ3v) is 6.05. The molecule has 28 heavy (non-hydrogen) atoms. The van der Waals surface area contributed by atoms with Gasteiger partial charge in [-0.05, 0) is 50.6 Å². The summed E-state index contributed by atoms with van der Waals surface area (Å²) in [6, 6.07) is 13.7. The first-order valence-electron chi connectivity index (χ1n) is 8.86. The molecule has 0 saturated carbocycles. The van der Waals surface area contributed by atoms with Crippen LogP contribution in [-0.4, -0.2) is 17.5 Å². The van der Waals surface area contributed by atoms with Crippen molar-refractivity contribution in [1.29, 1.82) is 0 Å². The Labute approximate surface area is 177 Å². The lowest BCUT2D eigenvalue weighted by Gasteiger charge is -2.44. The molecule has 0 amide bonds. The van der Waals surface area contributed by atoms with E-state index in [1.807, 2.05) is 0 Å². The van der Waals surface area contributed by atoms with Crippen molar-refractivity contribution >= 4 is 45.1 Å². The number of rotatable bonds is 4. The average molecular weight is 464 g/mol. The first-order chi connectivity index (χ1) is 13.1. The molecule has 1 heterocycles. The van der Waals surface area contributed by atoms with Crippen molar-refractivity contribution in [2.75, 3.05) is 0 Å². The topological polar surface area (TPSA) is 60.4 Å². The van der Waals surface area contributed by atoms with Gasteiger partial charge in [-0.2, -0.15) is 0 Å². The maximum absolute atomic E-state index is 13.4. The van der Waals surface area contributed by atoms with E-state index >= 15 is 0 Å². The zero-order valence-corrected chi connectivity index (χ0v) is 18.1. The van der Waals surface area contributed by atoms with E-state index in [4.69, 9.17) is 16.3 Å². The Kier molecular flexibility index (Phi) is 5.52. The lowest BCUT2D eigenvalue weighted by Crippen LogP contribution is -2.54. The highest BCUT2D eigenvalue weighted by Gasteiger charge is 2.58. The maximum atomic E-state index is 13.4. The number of hydrogen-bond acceptors (Lipinski definition) is 4.